The molecule has 0 heterocycles. The number of carbonyl (C=O) groups excluding carboxylic acids is 1. The Bertz CT molecular complexity index is 394. The molecule has 0 radical (unpaired) electrons. The Labute approximate surface area is 94.8 Å². The summed E-state index contributed by atoms with van der Waals surface area (Å²) in [5, 5.41) is 12.3. The standard InChI is InChI=1S/C12H16N2O2/c1-8(2)14-11(7-12(13)16)9-3-5-10(15)6-4-9/h3-8,14-15H,1-2H3,(H2,13,16)/b11-7+. The van der Waals surface area contributed by atoms with Crippen LogP contribution in [0.25, 0.3) is 5.70 Å². The normalized spacial score (nSPS) is 11.6. The van der Waals surface area contributed by atoms with Crippen LogP contribution in [0.5, 0.6) is 5.75 Å². The number of hydrogen-bond donors (Lipinski definition) is 3. The number of benzene rings is 1. The van der Waals surface area contributed by atoms with Crippen molar-refractivity contribution in [3.63, 3.8) is 0 Å². The lowest BCUT2D eigenvalue weighted by molar-refractivity contribution is -0.113. The van der Waals surface area contributed by atoms with Crippen molar-refractivity contribution in [2.45, 2.75) is 19.9 Å². The maximum Gasteiger partial charge on any atom is 0.243 e. The van der Waals surface area contributed by atoms with Crippen LogP contribution in [0.1, 0.15) is 19.4 Å². The summed E-state index contributed by atoms with van der Waals surface area (Å²) in [4.78, 5) is 10.9. The largest absolute Gasteiger partial charge is 0.508 e. The molecule has 0 aliphatic carbocycles. The molecule has 16 heavy (non-hydrogen) atoms. The molecule has 1 aromatic carbocycles. The molecule has 0 aliphatic rings. The quantitative estimate of drug-likeness (QED) is 0.668. The van der Waals surface area contributed by atoms with Crippen LogP contribution in [0.3, 0.4) is 0 Å². The summed E-state index contributed by atoms with van der Waals surface area (Å²) in [6.45, 7) is 3.94. The zero-order valence-electron chi connectivity index (χ0n) is 9.40. The SMILES string of the molecule is CC(C)N/C(=C/C(N)=O)c1ccc(O)cc1. The topological polar surface area (TPSA) is 75.3 Å². The van der Waals surface area contributed by atoms with E-state index in [1.807, 2.05) is 13.8 Å². The molecule has 4 nitrogen and oxygen atoms in total. The fourth-order valence-electron chi connectivity index (χ4n) is 1.30. The van der Waals surface area contributed by atoms with Crippen LogP contribution in [0.15, 0.2) is 30.3 Å². The number of phenols is 1. The van der Waals surface area contributed by atoms with Crippen LogP contribution in [0, 0.1) is 0 Å². The maximum absolute atomic E-state index is 10.9. The molecule has 4 N–H and O–H groups in total. The molecule has 0 aromatic heterocycles. The molecule has 0 saturated heterocycles. The Morgan fingerprint density at radius 2 is 1.94 bits per heavy atom. The van der Waals surface area contributed by atoms with E-state index in [1.54, 1.807) is 24.3 Å². The molecular weight excluding hydrogens is 204 g/mol. The smallest absolute Gasteiger partial charge is 0.243 e. The minimum Gasteiger partial charge on any atom is -0.508 e. The van der Waals surface area contributed by atoms with Gasteiger partial charge in [0, 0.05) is 17.8 Å². The molecule has 4 heteroatoms. The molecule has 1 rings (SSSR count). The number of carbonyl (C=O) groups is 1. The van der Waals surface area contributed by atoms with Gasteiger partial charge < -0.3 is 16.2 Å². The number of phenolic OH excluding ortho intramolecular Hbond substituents is 1. The molecule has 0 aliphatic heterocycles. The minimum absolute atomic E-state index is 0.187. The first kappa shape index (κ1) is 12.1. The second kappa shape index (κ2) is 5.21. The molecule has 0 fully saturated rings. The molecule has 0 saturated carbocycles. The van der Waals surface area contributed by atoms with Crippen LogP contribution in [-0.2, 0) is 4.79 Å². The summed E-state index contributed by atoms with van der Waals surface area (Å²) in [5.41, 5.74) is 6.60. The van der Waals surface area contributed by atoms with Gasteiger partial charge in [0.1, 0.15) is 5.75 Å². The number of nitrogens with one attached hydrogen (secondary N) is 1. The molecule has 1 amide bonds. The first-order valence-electron chi connectivity index (χ1n) is 5.06. The highest BCUT2D eigenvalue weighted by Gasteiger charge is 2.04. The molecule has 0 spiro atoms. The number of aromatic hydroxyl groups is 1. The first-order valence-corrected chi connectivity index (χ1v) is 5.06. The highest BCUT2D eigenvalue weighted by Crippen LogP contribution is 2.16. The Balaban J connectivity index is 3.01. The second-order valence-electron chi connectivity index (χ2n) is 3.81. The summed E-state index contributed by atoms with van der Waals surface area (Å²) in [6.07, 6.45) is 1.34. The van der Waals surface area contributed by atoms with Crippen molar-refractivity contribution in [3.05, 3.63) is 35.9 Å². The van der Waals surface area contributed by atoms with E-state index in [0.29, 0.717) is 5.70 Å². The maximum atomic E-state index is 10.9. The van der Waals surface area contributed by atoms with Crippen LogP contribution in [0.4, 0.5) is 0 Å². The predicted molar refractivity (Wildman–Crippen MR) is 63.5 cm³/mol. The van der Waals surface area contributed by atoms with Gasteiger partial charge in [-0.1, -0.05) is 0 Å². The van der Waals surface area contributed by atoms with E-state index in [0.717, 1.165) is 5.56 Å². The van der Waals surface area contributed by atoms with Gasteiger partial charge in [-0.2, -0.15) is 0 Å². The van der Waals surface area contributed by atoms with Crippen molar-refractivity contribution < 1.29 is 9.90 Å². The molecule has 0 unspecified atom stereocenters. The Morgan fingerprint density at radius 3 is 2.38 bits per heavy atom. The summed E-state index contributed by atoms with van der Waals surface area (Å²) in [6, 6.07) is 6.76. The van der Waals surface area contributed by atoms with E-state index in [4.69, 9.17) is 5.73 Å². The number of nitrogens with two attached hydrogens (primary N) is 1. The van der Waals surface area contributed by atoms with Gasteiger partial charge in [0.25, 0.3) is 0 Å². The van der Waals surface area contributed by atoms with Gasteiger partial charge in [-0.25, -0.2) is 0 Å². The zero-order chi connectivity index (χ0) is 12.1. The van der Waals surface area contributed by atoms with Gasteiger partial charge in [-0.05, 0) is 43.7 Å². The van der Waals surface area contributed by atoms with Gasteiger partial charge in [-0.15, -0.1) is 0 Å². The van der Waals surface area contributed by atoms with Gasteiger partial charge in [-0.3, -0.25) is 4.79 Å². The summed E-state index contributed by atoms with van der Waals surface area (Å²) in [7, 11) is 0. The fraction of sp³-hybridized carbons (Fsp3) is 0.250. The summed E-state index contributed by atoms with van der Waals surface area (Å²) in [5.74, 6) is -0.317. The van der Waals surface area contributed by atoms with Gasteiger partial charge >= 0.3 is 0 Å². The molecule has 0 bridgehead atoms. The van der Waals surface area contributed by atoms with Crippen LogP contribution >= 0.6 is 0 Å². The minimum atomic E-state index is -0.503. The number of rotatable bonds is 4. The Morgan fingerprint density at radius 1 is 1.38 bits per heavy atom. The highest BCUT2D eigenvalue weighted by molar-refractivity contribution is 5.93. The lowest BCUT2D eigenvalue weighted by Crippen LogP contribution is -2.22. The third-order valence-electron chi connectivity index (χ3n) is 1.91. The predicted octanol–water partition coefficient (Wildman–Crippen LogP) is 1.22. The second-order valence-corrected chi connectivity index (χ2v) is 3.81. The average Bonchev–Trinajstić information content (AvgIpc) is 2.16. The average molecular weight is 220 g/mol. The van der Waals surface area contributed by atoms with Gasteiger partial charge in [0.2, 0.25) is 5.91 Å². The lowest BCUT2D eigenvalue weighted by atomic mass is 10.1. The first-order chi connectivity index (χ1) is 7.49. The third-order valence-corrected chi connectivity index (χ3v) is 1.91. The molecular formula is C12H16N2O2. The van der Waals surface area contributed by atoms with E-state index < -0.39 is 5.91 Å². The monoisotopic (exact) mass is 220 g/mol. The van der Waals surface area contributed by atoms with Gasteiger partial charge in [0.05, 0.1) is 0 Å². The summed E-state index contributed by atoms with van der Waals surface area (Å²) >= 11 is 0. The van der Waals surface area contributed by atoms with Crippen LogP contribution < -0.4 is 11.1 Å². The number of primary amides is 1. The van der Waals surface area contributed by atoms with E-state index >= 15 is 0 Å². The highest BCUT2D eigenvalue weighted by atomic mass is 16.3. The molecule has 1 aromatic rings. The number of amides is 1. The van der Waals surface area contributed by atoms with Crippen LogP contribution in [-0.4, -0.2) is 17.1 Å². The van der Waals surface area contributed by atoms with E-state index in [9.17, 15) is 9.90 Å². The van der Waals surface area contributed by atoms with E-state index in [-0.39, 0.29) is 11.8 Å². The van der Waals surface area contributed by atoms with Gasteiger partial charge in [0.15, 0.2) is 0 Å². The van der Waals surface area contributed by atoms with Crippen molar-refractivity contribution in [3.8, 4) is 5.75 Å². The lowest BCUT2D eigenvalue weighted by Gasteiger charge is -2.14. The van der Waals surface area contributed by atoms with Crippen LogP contribution in [0.2, 0.25) is 0 Å². The van der Waals surface area contributed by atoms with Crippen molar-refractivity contribution in [1.29, 1.82) is 0 Å². The fourth-order valence-corrected chi connectivity index (χ4v) is 1.30. The molecule has 0 atom stereocenters. The third kappa shape index (κ3) is 3.65. The zero-order valence-corrected chi connectivity index (χ0v) is 9.40. The number of hydrogen-bond acceptors (Lipinski definition) is 3. The summed E-state index contributed by atoms with van der Waals surface area (Å²) < 4.78 is 0. The van der Waals surface area contributed by atoms with Crippen molar-refractivity contribution in [2.75, 3.05) is 0 Å². The van der Waals surface area contributed by atoms with Crippen molar-refractivity contribution in [2.24, 2.45) is 5.73 Å². The van der Waals surface area contributed by atoms with E-state index in [1.165, 1.54) is 6.08 Å². The Kier molecular flexibility index (Phi) is 3.94. The van der Waals surface area contributed by atoms with Crippen molar-refractivity contribution in [1.82, 2.24) is 5.32 Å². The van der Waals surface area contributed by atoms with Crippen molar-refractivity contribution >= 4 is 11.6 Å². The Hall–Kier alpha value is -1.97. The van der Waals surface area contributed by atoms with E-state index in [2.05, 4.69) is 5.32 Å². The molecule has 86 valence electrons.